The molecule has 3 atom stereocenters. The first kappa shape index (κ1) is 38.3. The molecule has 0 bridgehead atoms. The van der Waals surface area contributed by atoms with Gasteiger partial charge < -0.3 is 29.5 Å². The van der Waals surface area contributed by atoms with Gasteiger partial charge in [-0.3, -0.25) is 0 Å². The summed E-state index contributed by atoms with van der Waals surface area (Å²) in [6.45, 7) is 2.19. The summed E-state index contributed by atoms with van der Waals surface area (Å²) >= 11 is 0. The van der Waals surface area contributed by atoms with Gasteiger partial charge in [0.2, 0.25) is 0 Å². The molecule has 3 N–H and O–H groups in total. The van der Waals surface area contributed by atoms with E-state index >= 15 is 0 Å². The molecule has 0 saturated carbocycles. The number of rotatable bonds is 22. The fraction of sp³-hybridized carbons (Fsp3) is 0.750. The molecular weight excluding hydrogens is 525 g/mol. The first-order chi connectivity index (χ1) is 17.6. The summed E-state index contributed by atoms with van der Waals surface area (Å²) in [5.74, 6) is 0.695. The van der Waals surface area contributed by atoms with Gasteiger partial charge in [0.15, 0.2) is 23.1 Å². The van der Waals surface area contributed by atoms with Crippen molar-refractivity contribution in [2.24, 2.45) is 0 Å². The van der Waals surface area contributed by atoms with Crippen LogP contribution in [0.25, 0.3) is 0 Å². The second-order valence-corrected chi connectivity index (χ2v) is 10.8. The van der Waals surface area contributed by atoms with Crippen molar-refractivity contribution >= 4 is 73.3 Å². The van der Waals surface area contributed by atoms with Gasteiger partial charge in [-0.25, -0.2) is 4.79 Å². The minimum atomic E-state index is -1.40. The van der Waals surface area contributed by atoms with Crippen LogP contribution in [0.15, 0.2) is 23.4 Å². The SMILES string of the molecule is CCCCCCCCCCCCCCCCCCOc1cc[pH]c1OC1=C(O)[C@@H]([C@@H](O)CO)OC1=O.[NaH].[NaH]. The van der Waals surface area contributed by atoms with Crippen LogP contribution in [0.2, 0.25) is 0 Å². The van der Waals surface area contributed by atoms with Crippen molar-refractivity contribution in [1.82, 2.24) is 0 Å². The molecule has 1 aromatic rings. The van der Waals surface area contributed by atoms with E-state index in [1.54, 1.807) is 6.07 Å². The number of aliphatic hydroxyl groups excluding tert-OH is 3. The molecule has 0 amide bonds. The van der Waals surface area contributed by atoms with Gasteiger partial charge in [0.1, 0.15) is 6.10 Å². The molecule has 0 saturated heterocycles. The normalized spacial score (nSPS) is 15.8. The summed E-state index contributed by atoms with van der Waals surface area (Å²) in [6.07, 6.45) is 18.4. The molecular formula is C28H49Na2O7P. The van der Waals surface area contributed by atoms with Crippen LogP contribution in [0.5, 0.6) is 11.2 Å². The molecule has 1 aliphatic heterocycles. The quantitative estimate of drug-likeness (QED) is 0.0956. The van der Waals surface area contributed by atoms with Gasteiger partial charge >= 0.3 is 65.1 Å². The molecule has 10 heteroatoms. The minimum absolute atomic E-state index is 0. The molecule has 1 aliphatic rings. The standard InChI is InChI=1S/C28H47O7P.2Na.2H/c1-2-3-4-5-6-7-8-9-10-11-12-13-14-15-16-17-19-33-23-18-20-36-28(23)35-26-24(31)25(22(30)21-29)34-27(26)32;;;;/h18,20,22,25,29-31,36H,2-17,19,21H2,1H3;;;;/t22-,25+;;;;/m0..../s1. The van der Waals surface area contributed by atoms with Crippen molar-refractivity contribution in [3.05, 3.63) is 23.4 Å². The molecule has 210 valence electrons. The Bertz CT molecular complexity index is 772. The Kier molecular flexibility index (Phi) is 24.2. The number of carbonyl (C=O) groups is 1. The fourth-order valence-corrected chi connectivity index (χ4v) is 5.22. The summed E-state index contributed by atoms with van der Waals surface area (Å²) < 4.78 is 16.3. The van der Waals surface area contributed by atoms with Crippen LogP contribution in [0, 0.1) is 0 Å². The van der Waals surface area contributed by atoms with Crippen molar-refractivity contribution in [3.63, 3.8) is 0 Å². The number of ether oxygens (including phenoxy) is 3. The molecule has 1 aromatic heterocycles. The van der Waals surface area contributed by atoms with E-state index in [0.29, 0.717) is 17.8 Å². The Labute approximate surface area is 275 Å². The number of hydrogen-bond donors (Lipinski definition) is 3. The molecule has 0 spiro atoms. The first-order valence-electron chi connectivity index (χ1n) is 14.0. The van der Waals surface area contributed by atoms with E-state index in [1.165, 1.54) is 89.9 Å². The average molecular weight is 575 g/mol. The zero-order valence-electron chi connectivity index (χ0n) is 22.0. The summed E-state index contributed by atoms with van der Waals surface area (Å²) in [6, 6.07) is 1.80. The fourth-order valence-electron chi connectivity index (χ4n) is 4.38. The van der Waals surface area contributed by atoms with E-state index in [2.05, 4.69) is 6.92 Å². The topological polar surface area (TPSA) is 105 Å². The van der Waals surface area contributed by atoms with Gasteiger partial charge in [-0.05, 0) is 18.3 Å². The van der Waals surface area contributed by atoms with E-state index in [0.717, 1.165) is 12.8 Å². The zero-order chi connectivity index (χ0) is 26.0. The van der Waals surface area contributed by atoms with E-state index in [-0.39, 0.29) is 73.1 Å². The molecule has 0 aliphatic carbocycles. The van der Waals surface area contributed by atoms with E-state index < -0.39 is 30.5 Å². The Morgan fingerprint density at radius 3 is 1.89 bits per heavy atom. The number of unbranched alkanes of at least 4 members (excludes halogenated alkanes) is 15. The predicted molar refractivity (Wildman–Crippen MR) is 159 cm³/mol. The molecule has 0 aromatic carbocycles. The van der Waals surface area contributed by atoms with Gasteiger partial charge in [0.05, 0.1) is 13.2 Å². The monoisotopic (exact) mass is 574 g/mol. The van der Waals surface area contributed by atoms with E-state index in [1.807, 2.05) is 5.80 Å². The van der Waals surface area contributed by atoms with Crippen molar-refractivity contribution in [2.75, 3.05) is 13.2 Å². The van der Waals surface area contributed by atoms with Crippen molar-refractivity contribution in [3.8, 4) is 11.2 Å². The van der Waals surface area contributed by atoms with Crippen molar-refractivity contribution < 1.29 is 34.3 Å². The molecule has 2 rings (SSSR count). The number of hydrogen-bond acceptors (Lipinski definition) is 7. The third kappa shape index (κ3) is 14.8. The summed E-state index contributed by atoms with van der Waals surface area (Å²) in [4.78, 5) is 12.0. The van der Waals surface area contributed by atoms with E-state index in [9.17, 15) is 15.0 Å². The number of aliphatic hydroxyl groups is 3. The molecule has 38 heavy (non-hydrogen) atoms. The second-order valence-electron chi connectivity index (χ2n) is 9.72. The maximum absolute atomic E-state index is 12.0. The van der Waals surface area contributed by atoms with Crippen LogP contribution < -0.4 is 9.47 Å². The third-order valence-electron chi connectivity index (χ3n) is 6.59. The third-order valence-corrected chi connectivity index (χ3v) is 7.53. The van der Waals surface area contributed by atoms with Crippen LogP contribution in [0.4, 0.5) is 0 Å². The number of esters is 1. The average Bonchev–Trinajstić information content (AvgIpc) is 3.44. The van der Waals surface area contributed by atoms with Gasteiger partial charge in [0, 0.05) is 0 Å². The van der Waals surface area contributed by atoms with Gasteiger partial charge in [0.25, 0.3) is 5.76 Å². The van der Waals surface area contributed by atoms with E-state index in [4.69, 9.17) is 19.3 Å². The molecule has 1 unspecified atom stereocenters. The second kappa shape index (κ2) is 24.0. The zero-order valence-corrected chi connectivity index (χ0v) is 23.0. The molecule has 0 radical (unpaired) electrons. The Balaban J connectivity index is 0.00000684. The Morgan fingerprint density at radius 2 is 1.39 bits per heavy atom. The summed E-state index contributed by atoms with van der Waals surface area (Å²) in [5.41, 5.74) is 0.448. The van der Waals surface area contributed by atoms with Crippen molar-refractivity contribution in [2.45, 2.75) is 122 Å². The number of carbonyl (C=O) groups excluding carboxylic acids is 1. The molecule has 7 nitrogen and oxygen atoms in total. The summed E-state index contributed by atoms with van der Waals surface area (Å²) in [7, 11) is 0.170. The molecule has 2 heterocycles. The van der Waals surface area contributed by atoms with Gasteiger partial charge in [-0.1, -0.05) is 111 Å². The van der Waals surface area contributed by atoms with Crippen LogP contribution in [-0.2, 0) is 9.53 Å². The predicted octanol–water partition coefficient (Wildman–Crippen LogP) is 5.49. The maximum atomic E-state index is 12.0. The Hall–Kier alpha value is 0.310. The Morgan fingerprint density at radius 1 is 0.895 bits per heavy atom. The van der Waals surface area contributed by atoms with Crippen LogP contribution in [0.3, 0.4) is 0 Å². The molecule has 0 fully saturated rings. The van der Waals surface area contributed by atoms with Crippen molar-refractivity contribution in [1.29, 1.82) is 0 Å². The number of cyclic esters (lactones) is 1. The van der Waals surface area contributed by atoms with Gasteiger partial charge in [-0.2, -0.15) is 0 Å². The first-order valence-corrected chi connectivity index (χ1v) is 15.1. The van der Waals surface area contributed by atoms with Crippen LogP contribution in [0.1, 0.15) is 110 Å². The van der Waals surface area contributed by atoms with Crippen LogP contribution >= 0.6 is 8.19 Å². The van der Waals surface area contributed by atoms with Gasteiger partial charge in [-0.15, -0.1) is 0 Å². The van der Waals surface area contributed by atoms with Crippen LogP contribution in [-0.4, -0.2) is 106 Å². The summed E-state index contributed by atoms with van der Waals surface area (Å²) in [5, 5.41) is 28.9.